The number of aromatic nitrogens is 2. The summed E-state index contributed by atoms with van der Waals surface area (Å²) < 4.78 is 2.16. The number of carboxylic acid groups (broad SMARTS) is 1. The van der Waals surface area contributed by atoms with E-state index in [1.54, 1.807) is 13.1 Å². The maximum Gasteiger partial charge on any atom is 0.0884 e. The van der Waals surface area contributed by atoms with Gasteiger partial charge in [-0.3, -0.25) is 4.68 Å². The molecule has 0 aliphatic rings. The summed E-state index contributed by atoms with van der Waals surface area (Å²) in [4.78, 5) is 10.4. The first kappa shape index (κ1) is 9.25. The van der Waals surface area contributed by atoms with Crippen LogP contribution < -0.4 is 5.11 Å². The van der Waals surface area contributed by atoms with Crippen molar-refractivity contribution in [2.75, 3.05) is 0 Å². The van der Waals surface area contributed by atoms with Crippen molar-refractivity contribution >= 4 is 21.9 Å². The summed E-state index contributed by atoms with van der Waals surface area (Å²) >= 11 is 3.24. The summed E-state index contributed by atoms with van der Waals surface area (Å²) in [5.74, 6) is -1.13. The summed E-state index contributed by atoms with van der Waals surface area (Å²) in [7, 11) is 0. The molecule has 5 heteroatoms. The van der Waals surface area contributed by atoms with Gasteiger partial charge in [0.25, 0.3) is 0 Å². The summed E-state index contributed by atoms with van der Waals surface area (Å²) in [6.45, 7) is 3.32. The van der Waals surface area contributed by atoms with E-state index in [2.05, 4.69) is 21.0 Å². The van der Waals surface area contributed by atoms with Crippen LogP contribution in [0, 0.1) is 6.92 Å². The monoisotopic (exact) mass is 231 g/mol. The first-order valence-electron chi connectivity index (χ1n) is 3.44. The molecule has 0 unspecified atom stereocenters. The van der Waals surface area contributed by atoms with Gasteiger partial charge in [0.2, 0.25) is 0 Å². The summed E-state index contributed by atoms with van der Waals surface area (Å²) in [6, 6.07) is -0.727. The number of carbonyl (C=O) groups excluding carboxylic acids is 1. The molecule has 1 aromatic heterocycles. The van der Waals surface area contributed by atoms with Crippen molar-refractivity contribution in [1.82, 2.24) is 9.78 Å². The van der Waals surface area contributed by atoms with Crippen molar-refractivity contribution in [1.29, 1.82) is 0 Å². The fourth-order valence-electron chi connectivity index (χ4n) is 0.766. The Hall–Kier alpha value is -0.840. The van der Waals surface area contributed by atoms with E-state index in [0.29, 0.717) is 0 Å². The summed E-state index contributed by atoms with van der Waals surface area (Å²) in [5.41, 5.74) is 0.767. The van der Waals surface area contributed by atoms with Gasteiger partial charge >= 0.3 is 0 Å². The number of halogens is 1. The number of nitrogens with zero attached hydrogens (tertiary/aromatic N) is 2. The third-order valence-corrected chi connectivity index (χ3v) is 2.37. The highest BCUT2D eigenvalue weighted by atomic mass is 79.9. The van der Waals surface area contributed by atoms with Gasteiger partial charge in [0.05, 0.1) is 22.2 Å². The van der Waals surface area contributed by atoms with Crippen molar-refractivity contribution in [3.63, 3.8) is 0 Å². The average Bonchev–Trinajstić information content (AvgIpc) is 2.30. The molecular formula is C7H8BrN2O2-. The molecule has 1 atom stereocenters. The van der Waals surface area contributed by atoms with Crippen LogP contribution >= 0.6 is 15.9 Å². The minimum atomic E-state index is -1.13. The smallest absolute Gasteiger partial charge is 0.0884 e. The van der Waals surface area contributed by atoms with Crippen molar-refractivity contribution < 1.29 is 9.90 Å². The van der Waals surface area contributed by atoms with Gasteiger partial charge in [-0.15, -0.1) is 0 Å². The van der Waals surface area contributed by atoms with Gasteiger partial charge in [-0.1, -0.05) is 0 Å². The Morgan fingerprint density at radius 1 is 1.83 bits per heavy atom. The van der Waals surface area contributed by atoms with Crippen LogP contribution in [0.4, 0.5) is 0 Å². The molecule has 0 saturated carbocycles. The van der Waals surface area contributed by atoms with Crippen LogP contribution in [0.5, 0.6) is 0 Å². The van der Waals surface area contributed by atoms with Gasteiger partial charge < -0.3 is 9.90 Å². The largest absolute Gasteiger partial charge is 0.548 e. The molecule has 12 heavy (non-hydrogen) atoms. The molecule has 0 bridgehead atoms. The first-order valence-corrected chi connectivity index (χ1v) is 4.23. The number of hydrogen-bond donors (Lipinski definition) is 0. The lowest BCUT2D eigenvalue weighted by Crippen LogP contribution is -2.31. The molecule has 0 aromatic carbocycles. The Morgan fingerprint density at radius 2 is 2.42 bits per heavy atom. The van der Waals surface area contributed by atoms with Gasteiger partial charge in [-0.05, 0) is 29.8 Å². The lowest BCUT2D eigenvalue weighted by atomic mass is 10.4. The van der Waals surface area contributed by atoms with E-state index in [4.69, 9.17) is 0 Å². The fraction of sp³-hybridized carbons (Fsp3) is 0.429. The van der Waals surface area contributed by atoms with Crippen molar-refractivity contribution in [2.24, 2.45) is 0 Å². The van der Waals surface area contributed by atoms with Crippen molar-refractivity contribution in [3.8, 4) is 0 Å². The minimum Gasteiger partial charge on any atom is -0.548 e. The van der Waals surface area contributed by atoms with Crippen LogP contribution in [-0.2, 0) is 4.79 Å². The standard InChI is InChI=1S/C7H9BrN2O2/c1-4-6(8)3-10(9-4)5(2)7(11)12/h3,5H,1-2H3,(H,11,12)/p-1/t5-/m1/s1. The van der Waals surface area contributed by atoms with Crippen molar-refractivity contribution in [3.05, 3.63) is 16.4 Å². The fourth-order valence-corrected chi connectivity index (χ4v) is 1.05. The molecule has 4 nitrogen and oxygen atoms in total. The first-order chi connectivity index (χ1) is 5.52. The lowest BCUT2D eigenvalue weighted by Gasteiger charge is -2.11. The van der Waals surface area contributed by atoms with Gasteiger partial charge in [0.1, 0.15) is 0 Å². The second-order valence-corrected chi connectivity index (χ2v) is 3.39. The molecule has 0 spiro atoms. The molecule has 0 aliphatic heterocycles. The number of aryl methyl sites for hydroxylation is 1. The van der Waals surface area contributed by atoms with E-state index >= 15 is 0 Å². The zero-order valence-electron chi connectivity index (χ0n) is 6.74. The number of aliphatic carboxylic acids is 1. The predicted molar refractivity (Wildman–Crippen MR) is 44.4 cm³/mol. The van der Waals surface area contributed by atoms with E-state index in [1.165, 1.54) is 11.6 Å². The highest BCUT2D eigenvalue weighted by Gasteiger charge is 2.08. The summed E-state index contributed by atoms with van der Waals surface area (Å²) in [6.07, 6.45) is 1.62. The van der Waals surface area contributed by atoms with Gasteiger partial charge in [-0.2, -0.15) is 5.10 Å². The van der Waals surface area contributed by atoms with Crippen LogP contribution in [0.3, 0.4) is 0 Å². The molecule has 0 fully saturated rings. The summed E-state index contributed by atoms with van der Waals surface area (Å²) in [5, 5.41) is 14.4. The van der Waals surface area contributed by atoms with Crippen molar-refractivity contribution in [2.45, 2.75) is 19.9 Å². The van der Waals surface area contributed by atoms with Crippen LogP contribution in [0.1, 0.15) is 18.7 Å². The number of rotatable bonds is 2. The topological polar surface area (TPSA) is 58.0 Å². The van der Waals surface area contributed by atoms with E-state index in [9.17, 15) is 9.90 Å². The Labute approximate surface area is 78.3 Å². The second kappa shape index (κ2) is 3.26. The Balaban J connectivity index is 2.96. The number of carboxylic acids is 1. The number of carbonyl (C=O) groups is 1. The molecule has 0 aliphatic carbocycles. The minimum absolute atomic E-state index is 0.727. The molecule has 0 radical (unpaired) electrons. The van der Waals surface area contributed by atoms with Gasteiger partial charge in [0.15, 0.2) is 0 Å². The third kappa shape index (κ3) is 1.66. The number of hydrogen-bond acceptors (Lipinski definition) is 3. The van der Waals surface area contributed by atoms with Crippen LogP contribution in [0.25, 0.3) is 0 Å². The van der Waals surface area contributed by atoms with E-state index < -0.39 is 12.0 Å². The quantitative estimate of drug-likeness (QED) is 0.735. The maximum absolute atomic E-state index is 10.4. The molecule has 1 rings (SSSR count). The van der Waals surface area contributed by atoms with E-state index in [-0.39, 0.29) is 0 Å². The van der Waals surface area contributed by atoms with Crippen LogP contribution in [0.15, 0.2) is 10.7 Å². The maximum atomic E-state index is 10.4. The second-order valence-electron chi connectivity index (χ2n) is 2.54. The molecule has 0 amide bonds. The highest BCUT2D eigenvalue weighted by Crippen LogP contribution is 2.15. The van der Waals surface area contributed by atoms with E-state index in [0.717, 1.165) is 10.2 Å². The molecule has 1 aromatic rings. The van der Waals surface area contributed by atoms with Gasteiger partial charge in [-0.25, -0.2) is 0 Å². The zero-order chi connectivity index (χ0) is 9.30. The molecule has 0 N–H and O–H groups in total. The Bertz CT molecular complexity index is 289. The van der Waals surface area contributed by atoms with Crippen LogP contribution in [-0.4, -0.2) is 15.7 Å². The van der Waals surface area contributed by atoms with Gasteiger partial charge in [0, 0.05) is 6.20 Å². The Kier molecular flexibility index (Phi) is 2.52. The predicted octanol–water partition coefficient (Wildman–Crippen LogP) is 0.265. The third-order valence-electron chi connectivity index (χ3n) is 1.59. The molecule has 1 heterocycles. The van der Waals surface area contributed by atoms with E-state index in [1.807, 2.05) is 0 Å². The SMILES string of the molecule is Cc1nn([C@H](C)C(=O)[O-])cc1Br. The molecule has 0 saturated heterocycles. The highest BCUT2D eigenvalue weighted by molar-refractivity contribution is 9.10. The Morgan fingerprint density at radius 3 is 2.75 bits per heavy atom. The lowest BCUT2D eigenvalue weighted by molar-refractivity contribution is -0.310. The van der Waals surface area contributed by atoms with Crippen LogP contribution in [0.2, 0.25) is 0 Å². The molecular weight excluding hydrogens is 224 g/mol. The zero-order valence-corrected chi connectivity index (χ0v) is 8.33. The molecule has 66 valence electrons. The normalized spacial score (nSPS) is 12.9. The average molecular weight is 232 g/mol.